The number of carbonyl (C=O) groups is 1. The van der Waals surface area contributed by atoms with Gasteiger partial charge in [0.15, 0.2) is 5.82 Å². The van der Waals surface area contributed by atoms with Crippen LogP contribution in [0.5, 0.6) is 0 Å². The lowest BCUT2D eigenvalue weighted by Crippen LogP contribution is -2.55. The summed E-state index contributed by atoms with van der Waals surface area (Å²) in [4.78, 5) is 23.5. The summed E-state index contributed by atoms with van der Waals surface area (Å²) in [6.07, 6.45) is 2.66. The maximum absolute atomic E-state index is 12.4. The van der Waals surface area contributed by atoms with Crippen LogP contribution in [0.15, 0.2) is 12.3 Å². The van der Waals surface area contributed by atoms with Gasteiger partial charge in [0.05, 0.1) is 10.7 Å². The van der Waals surface area contributed by atoms with Gasteiger partial charge in [0.25, 0.3) is 0 Å². The highest BCUT2D eigenvalue weighted by Crippen LogP contribution is 2.35. The summed E-state index contributed by atoms with van der Waals surface area (Å²) < 4.78 is 5.53. The fourth-order valence-electron chi connectivity index (χ4n) is 3.79. The Balaban J connectivity index is 0.00000145. The Bertz CT molecular complexity index is 692. The van der Waals surface area contributed by atoms with E-state index in [2.05, 4.69) is 28.6 Å². The molecule has 1 aromatic rings. The second kappa shape index (κ2) is 9.88. The minimum Gasteiger partial charge on any atom is -0.444 e. The number of rotatable bonds is 2. The van der Waals surface area contributed by atoms with Crippen molar-refractivity contribution in [3.8, 4) is 0 Å². The van der Waals surface area contributed by atoms with Crippen molar-refractivity contribution in [2.75, 3.05) is 42.5 Å². The minimum absolute atomic E-state index is 0.152. The van der Waals surface area contributed by atoms with Crippen LogP contribution in [0.2, 0.25) is 5.02 Å². The van der Waals surface area contributed by atoms with Crippen molar-refractivity contribution >= 4 is 29.2 Å². The molecule has 0 saturated carbocycles. The summed E-state index contributed by atoms with van der Waals surface area (Å²) in [5.41, 5.74) is 0.624. The number of ether oxygens (including phenoxy) is 1. The summed E-state index contributed by atoms with van der Waals surface area (Å²) >= 11 is 6.26. The topological polar surface area (TPSA) is 48.9 Å². The molecule has 2 aliphatic heterocycles. The number of hydrogen-bond acceptors (Lipinski definition) is 5. The lowest BCUT2D eigenvalue weighted by Gasteiger charge is -2.42. The molecule has 7 heteroatoms. The molecule has 3 heterocycles. The van der Waals surface area contributed by atoms with E-state index in [1.807, 2.05) is 40.7 Å². The van der Waals surface area contributed by atoms with Crippen LogP contribution >= 0.6 is 11.6 Å². The van der Waals surface area contributed by atoms with E-state index in [1.165, 1.54) is 6.42 Å². The number of anilines is 2. The lowest BCUT2D eigenvalue weighted by atomic mass is 10.1. The Morgan fingerprint density at radius 1 is 1.17 bits per heavy atom. The average molecular weight is 425 g/mol. The number of aromatic nitrogens is 1. The van der Waals surface area contributed by atoms with E-state index >= 15 is 0 Å². The first-order chi connectivity index (χ1) is 13.6. The van der Waals surface area contributed by atoms with E-state index in [4.69, 9.17) is 16.3 Å². The highest BCUT2D eigenvalue weighted by atomic mass is 35.5. The molecule has 6 nitrogen and oxygen atoms in total. The minimum atomic E-state index is -0.477. The summed E-state index contributed by atoms with van der Waals surface area (Å²) in [6.45, 7) is 18.1. The first kappa shape index (κ1) is 23.6. The van der Waals surface area contributed by atoms with Crippen molar-refractivity contribution in [3.63, 3.8) is 0 Å². The van der Waals surface area contributed by atoms with E-state index in [-0.39, 0.29) is 12.1 Å². The molecule has 2 saturated heterocycles. The van der Waals surface area contributed by atoms with Gasteiger partial charge >= 0.3 is 6.09 Å². The predicted molar refractivity (Wildman–Crippen MR) is 121 cm³/mol. The van der Waals surface area contributed by atoms with Crippen molar-refractivity contribution in [2.45, 2.75) is 66.5 Å². The number of hydrogen-bond donors (Lipinski definition) is 0. The normalized spacial score (nSPS) is 22.3. The number of pyridine rings is 1. The Kier molecular flexibility index (Phi) is 8.03. The number of carbonyl (C=O) groups excluding carboxylic acids is 1. The van der Waals surface area contributed by atoms with Crippen molar-refractivity contribution in [1.29, 1.82) is 0 Å². The third-order valence-corrected chi connectivity index (χ3v) is 5.34. The summed E-state index contributed by atoms with van der Waals surface area (Å²) in [7, 11) is 0. The zero-order chi connectivity index (χ0) is 21.8. The average Bonchev–Trinajstić information content (AvgIpc) is 3.08. The summed E-state index contributed by atoms with van der Waals surface area (Å²) in [5.74, 6) is 1.64. The van der Waals surface area contributed by atoms with Crippen LogP contribution in [0.1, 0.15) is 54.9 Å². The third-order valence-electron chi connectivity index (χ3n) is 5.13. The van der Waals surface area contributed by atoms with Gasteiger partial charge in [0.1, 0.15) is 5.60 Å². The van der Waals surface area contributed by atoms with E-state index in [9.17, 15) is 4.79 Å². The molecule has 164 valence electrons. The molecule has 0 radical (unpaired) electrons. The Morgan fingerprint density at radius 3 is 2.41 bits per heavy atom. The zero-order valence-electron chi connectivity index (χ0n) is 19.0. The molecule has 1 aromatic heterocycles. The number of amides is 1. The van der Waals surface area contributed by atoms with Crippen LogP contribution in [-0.2, 0) is 4.74 Å². The quantitative estimate of drug-likeness (QED) is 0.664. The first-order valence-corrected chi connectivity index (χ1v) is 11.2. The van der Waals surface area contributed by atoms with Crippen LogP contribution < -0.4 is 9.80 Å². The van der Waals surface area contributed by atoms with Gasteiger partial charge in [-0.1, -0.05) is 32.4 Å². The SMILES string of the molecule is CC.CC1CCN(c2cc(Cl)cnc2N2CCN(C(=O)OC(C)(C)C)CC2C)C1. The molecule has 0 aliphatic carbocycles. The van der Waals surface area contributed by atoms with Crippen molar-refractivity contribution < 1.29 is 9.53 Å². The summed E-state index contributed by atoms with van der Waals surface area (Å²) in [6, 6.07) is 2.17. The van der Waals surface area contributed by atoms with Crippen LogP contribution in [-0.4, -0.2) is 60.3 Å². The van der Waals surface area contributed by atoms with Gasteiger partial charge in [0.2, 0.25) is 0 Å². The van der Waals surface area contributed by atoms with Crippen LogP contribution in [0.25, 0.3) is 0 Å². The Hall–Kier alpha value is -1.69. The molecular weight excluding hydrogens is 388 g/mol. The second-order valence-electron chi connectivity index (χ2n) is 8.80. The third kappa shape index (κ3) is 6.14. The van der Waals surface area contributed by atoms with Crippen molar-refractivity contribution in [3.05, 3.63) is 17.3 Å². The van der Waals surface area contributed by atoms with Gasteiger partial charge in [-0.05, 0) is 46.1 Å². The molecule has 0 N–H and O–H groups in total. The fraction of sp³-hybridized carbons (Fsp3) is 0.727. The van der Waals surface area contributed by atoms with Crippen molar-refractivity contribution in [1.82, 2.24) is 9.88 Å². The molecule has 29 heavy (non-hydrogen) atoms. The lowest BCUT2D eigenvalue weighted by molar-refractivity contribution is 0.0218. The maximum atomic E-state index is 12.4. The zero-order valence-corrected chi connectivity index (χ0v) is 19.8. The van der Waals surface area contributed by atoms with Crippen LogP contribution in [0, 0.1) is 5.92 Å². The van der Waals surface area contributed by atoms with Gasteiger partial charge < -0.3 is 19.4 Å². The molecule has 3 rings (SSSR count). The molecule has 0 spiro atoms. The largest absolute Gasteiger partial charge is 0.444 e. The Labute approximate surface area is 181 Å². The standard InChI is InChI=1S/C20H31ClN4O2.C2H6/c1-14-6-7-23(12-14)17-10-16(21)11-22-18(17)25-9-8-24(13-15(25)2)19(26)27-20(3,4)5;1-2/h10-11,14-15H,6-9,12-13H2,1-5H3;1-2H3. The molecular formula is C22H37ClN4O2. The highest BCUT2D eigenvalue weighted by Gasteiger charge is 2.33. The van der Waals surface area contributed by atoms with E-state index in [0.717, 1.165) is 31.1 Å². The number of piperazine rings is 1. The molecule has 0 aromatic carbocycles. The van der Waals surface area contributed by atoms with Gasteiger partial charge in [-0.2, -0.15) is 0 Å². The monoisotopic (exact) mass is 424 g/mol. The Morgan fingerprint density at radius 2 is 1.86 bits per heavy atom. The highest BCUT2D eigenvalue weighted by molar-refractivity contribution is 6.30. The van der Waals surface area contributed by atoms with E-state index in [1.54, 1.807) is 11.1 Å². The summed E-state index contributed by atoms with van der Waals surface area (Å²) in [5, 5.41) is 0.661. The predicted octanol–water partition coefficient (Wildman–Crippen LogP) is 5.05. The fourth-order valence-corrected chi connectivity index (χ4v) is 3.95. The first-order valence-electron chi connectivity index (χ1n) is 10.8. The van der Waals surface area contributed by atoms with Crippen LogP contribution in [0.3, 0.4) is 0 Å². The van der Waals surface area contributed by atoms with Gasteiger partial charge in [0, 0.05) is 45.0 Å². The molecule has 1 amide bonds. The molecule has 2 unspecified atom stereocenters. The van der Waals surface area contributed by atoms with Crippen LogP contribution in [0.4, 0.5) is 16.3 Å². The van der Waals surface area contributed by atoms with E-state index < -0.39 is 5.60 Å². The second-order valence-corrected chi connectivity index (χ2v) is 9.24. The van der Waals surface area contributed by atoms with Gasteiger partial charge in [-0.3, -0.25) is 0 Å². The smallest absolute Gasteiger partial charge is 0.410 e. The number of nitrogens with zero attached hydrogens (tertiary/aromatic N) is 4. The van der Waals surface area contributed by atoms with Gasteiger partial charge in [-0.25, -0.2) is 9.78 Å². The molecule has 2 fully saturated rings. The van der Waals surface area contributed by atoms with Crippen molar-refractivity contribution in [2.24, 2.45) is 5.92 Å². The molecule has 2 aliphatic rings. The molecule has 0 bridgehead atoms. The molecule has 2 atom stereocenters. The van der Waals surface area contributed by atoms with E-state index in [0.29, 0.717) is 24.0 Å². The number of halogens is 1. The van der Waals surface area contributed by atoms with Gasteiger partial charge in [-0.15, -0.1) is 0 Å². The maximum Gasteiger partial charge on any atom is 0.410 e.